The van der Waals surface area contributed by atoms with Crippen LogP contribution in [0.3, 0.4) is 0 Å². The maximum Gasteiger partial charge on any atom is 0.331 e. The molecule has 3 aliphatic rings. The van der Waals surface area contributed by atoms with Crippen molar-refractivity contribution in [2.75, 3.05) is 55.1 Å². The van der Waals surface area contributed by atoms with E-state index < -0.39 is 5.79 Å². The first-order valence-electron chi connectivity index (χ1n) is 19.1. The lowest BCUT2D eigenvalue weighted by atomic mass is 10.1. The molecule has 1 aromatic heterocycles. The van der Waals surface area contributed by atoms with Crippen LogP contribution in [-0.2, 0) is 26.6 Å². The molecule has 57 heavy (non-hydrogen) atoms. The van der Waals surface area contributed by atoms with E-state index in [1.807, 2.05) is 111 Å². The second kappa shape index (κ2) is 18.5. The highest BCUT2D eigenvalue weighted by atomic mass is 35.5. The molecule has 7 rings (SSSR count). The number of rotatable bonds is 9. The molecular formula is C42H51Cl2N7O5S. The third-order valence-electron chi connectivity index (χ3n) is 9.49. The van der Waals surface area contributed by atoms with Crippen LogP contribution in [0, 0.1) is 0 Å². The van der Waals surface area contributed by atoms with Gasteiger partial charge in [0, 0.05) is 73.5 Å². The van der Waals surface area contributed by atoms with Gasteiger partial charge in [-0.25, -0.2) is 9.78 Å². The van der Waals surface area contributed by atoms with Gasteiger partial charge in [0.2, 0.25) is 11.7 Å². The summed E-state index contributed by atoms with van der Waals surface area (Å²) in [6.45, 7) is 16.0. The zero-order valence-corrected chi connectivity index (χ0v) is 35.6. The van der Waals surface area contributed by atoms with E-state index in [2.05, 4.69) is 9.88 Å². The minimum Gasteiger partial charge on any atom is -0.491 e. The van der Waals surface area contributed by atoms with E-state index in [1.54, 1.807) is 53.1 Å². The first-order valence-corrected chi connectivity index (χ1v) is 20.8. The Balaban J connectivity index is 0.000000223. The van der Waals surface area contributed by atoms with Crippen molar-refractivity contribution in [3.8, 4) is 5.75 Å². The summed E-state index contributed by atoms with van der Waals surface area (Å²) in [5.41, 5.74) is 2.56. The Hall–Kier alpha value is -4.27. The molecule has 0 N–H and O–H groups in total. The van der Waals surface area contributed by atoms with Gasteiger partial charge in [-0.05, 0) is 83.1 Å². The predicted octanol–water partition coefficient (Wildman–Crippen LogP) is 8.39. The molecule has 4 heterocycles. The zero-order chi connectivity index (χ0) is 40.7. The SMILES string of the molecule is CC(=O)N1CCN(c2ccc(OC[C@H]3CO[C@](Cn4ccnc4)(c4ccc(Cl)cc4Cl)O3)cc2)CC1.CC(C)N1C(=O)N(c2ccccc2)CSC1=NC(C)(C)C. The van der Waals surface area contributed by atoms with Gasteiger partial charge in [-0.1, -0.05) is 59.2 Å². The van der Waals surface area contributed by atoms with Crippen LogP contribution < -0.4 is 14.5 Å². The number of amides is 3. The number of ether oxygens (including phenoxy) is 3. The molecule has 15 heteroatoms. The molecule has 12 nitrogen and oxygen atoms in total. The normalized spacial score (nSPS) is 20.9. The van der Waals surface area contributed by atoms with Gasteiger partial charge >= 0.3 is 6.03 Å². The van der Waals surface area contributed by atoms with Gasteiger partial charge in [-0.3, -0.25) is 19.6 Å². The van der Waals surface area contributed by atoms with Crippen LogP contribution in [0.5, 0.6) is 5.75 Å². The summed E-state index contributed by atoms with van der Waals surface area (Å²) in [6.07, 6.45) is 4.98. The van der Waals surface area contributed by atoms with Crippen molar-refractivity contribution in [2.45, 2.75) is 71.6 Å². The summed E-state index contributed by atoms with van der Waals surface area (Å²) in [6, 6.07) is 23.1. The third kappa shape index (κ3) is 10.8. The lowest BCUT2D eigenvalue weighted by Crippen LogP contribution is -2.53. The number of aliphatic imine (C=N–C) groups is 1. The number of piperazine rings is 1. The number of hydrogen-bond acceptors (Lipinski definition) is 9. The fraction of sp³-hybridized carbons (Fsp3) is 0.429. The monoisotopic (exact) mass is 835 g/mol. The number of halogens is 2. The predicted molar refractivity (Wildman–Crippen MR) is 229 cm³/mol. The topological polar surface area (TPSA) is 105 Å². The summed E-state index contributed by atoms with van der Waals surface area (Å²) in [5.74, 6) is 0.397. The van der Waals surface area contributed by atoms with Gasteiger partial charge in [0.25, 0.3) is 0 Å². The molecule has 0 aliphatic carbocycles. The van der Waals surface area contributed by atoms with Crippen molar-refractivity contribution in [3.63, 3.8) is 0 Å². The minimum atomic E-state index is -1.08. The van der Waals surface area contributed by atoms with E-state index in [0.29, 0.717) is 41.2 Å². The molecule has 304 valence electrons. The number of imidazole rings is 1. The Bertz CT molecular complexity index is 1990. The molecule has 3 aromatic carbocycles. The number of amidine groups is 1. The summed E-state index contributed by atoms with van der Waals surface area (Å²) < 4.78 is 20.6. The molecule has 0 spiro atoms. The van der Waals surface area contributed by atoms with Gasteiger partial charge < -0.3 is 28.6 Å². The van der Waals surface area contributed by atoms with Crippen molar-refractivity contribution >= 4 is 63.4 Å². The van der Waals surface area contributed by atoms with Gasteiger partial charge in [0.15, 0.2) is 5.17 Å². The van der Waals surface area contributed by atoms with Crippen molar-refractivity contribution in [3.05, 3.63) is 107 Å². The molecule has 3 amide bonds. The molecule has 0 unspecified atom stereocenters. The van der Waals surface area contributed by atoms with E-state index in [4.69, 9.17) is 42.4 Å². The van der Waals surface area contributed by atoms with Crippen molar-refractivity contribution in [2.24, 2.45) is 4.99 Å². The van der Waals surface area contributed by atoms with Gasteiger partial charge in [-0.15, -0.1) is 0 Å². The van der Waals surface area contributed by atoms with Crippen LogP contribution in [0.2, 0.25) is 10.0 Å². The largest absolute Gasteiger partial charge is 0.491 e. The molecule has 0 radical (unpaired) electrons. The van der Waals surface area contributed by atoms with Crippen molar-refractivity contribution in [1.29, 1.82) is 0 Å². The number of hydrogen-bond donors (Lipinski definition) is 0. The summed E-state index contributed by atoms with van der Waals surface area (Å²) in [4.78, 5) is 40.9. The Kier molecular flexibility index (Phi) is 13.8. The van der Waals surface area contributed by atoms with Gasteiger partial charge in [-0.2, -0.15) is 0 Å². The van der Waals surface area contributed by atoms with E-state index in [9.17, 15) is 9.59 Å². The molecule has 0 saturated carbocycles. The summed E-state index contributed by atoms with van der Waals surface area (Å²) in [7, 11) is 0. The first-order chi connectivity index (χ1) is 27.2. The fourth-order valence-corrected chi connectivity index (χ4v) is 8.49. The standard InChI is InChI=1S/C26H28Cl2N4O4.C16H23N3OS/c1-19(33)31-10-12-32(13-11-31)21-3-5-22(6-4-21)34-15-23-16-35-26(36-23,17-30-9-8-29-18-30)24-7-2-20(27)14-25(24)28;1-12(2)19-14(17-16(3,4)5)21-11-18(15(19)20)13-9-7-6-8-10-13/h2-9,14,18,23H,10-13,15-17H2,1H3;6-10,12H,11H2,1-5H3/t23-,26-;/m0./s1. The quantitative estimate of drug-likeness (QED) is 0.166. The van der Waals surface area contributed by atoms with E-state index in [1.165, 1.54) is 0 Å². The van der Waals surface area contributed by atoms with Crippen LogP contribution >= 0.6 is 35.0 Å². The maximum atomic E-state index is 12.8. The van der Waals surface area contributed by atoms with Crippen LogP contribution in [0.4, 0.5) is 16.2 Å². The lowest BCUT2D eigenvalue weighted by Gasteiger charge is -2.38. The number of thioether (sulfide) groups is 1. The number of carbonyl (C=O) groups is 2. The van der Waals surface area contributed by atoms with Crippen LogP contribution in [0.25, 0.3) is 0 Å². The summed E-state index contributed by atoms with van der Waals surface area (Å²) >= 11 is 14.3. The van der Waals surface area contributed by atoms with Crippen LogP contribution in [-0.4, -0.2) is 99.4 Å². The Morgan fingerprint density at radius 3 is 2.35 bits per heavy atom. The van der Waals surface area contributed by atoms with Gasteiger partial charge in [0.1, 0.15) is 18.5 Å². The molecule has 3 fully saturated rings. The molecule has 2 atom stereocenters. The van der Waals surface area contributed by atoms with E-state index >= 15 is 0 Å². The number of benzene rings is 3. The number of urea groups is 1. The highest BCUT2D eigenvalue weighted by Crippen LogP contribution is 2.41. The second-order valence-corrected chi connectivity index (χ2v) is 17.1. The zero-order valence-electron chi connectivity index (χ0n) is 33.3. The molecule has 3 aliphatic heterocycles. The number of para-hydroxylation sites is 1. The number of carbonyl (C=O) groups excluding carboxylic acids is 2. The smallest absolute Gasteiger partial charge is 0.331 e. The van der Waals surface area contributed by atoms with Crippen LogP contribution in [0.1, 0.15) is 47.1 Å². The van der Waals surface area contributed by atoms with Crippen molar-refractivity contribution in [1.82, 2.24) is 19.4 Å². The summed E-state index contributed by atoms with van der Waals surface area (Å²) in [5, 5.41) is 1.84. The average molecular weight is 837 g/mol. The Labute approximate surface area is 349 Å². The Morgan fingerprint density at radius 1 is 1.02 bits per heavy atom. The third-order valence-corrected chi connectivity index (χ3v) is 11.0. The van der Waals surface area contributed by atoms with Crippen LogP contribution in [0.15, 0.2) is 96.5 Å². The highest BCUT2D eigenvalue weighted by Gasteiger charge is 2.45. The fourth-order valence-electron chi connectivity index (χ4n) is 6.66. The average Bonchev–Trinajstić information content (AvgIpc) is 3.84. The Morgan fingerprint density at radius 2 is 1.74 bits per heavy atom. The maximum absolute atomic E-state index is 12.8. The molecule has 4 aromatic rings. The number of anilines is 2. The molecular weight excluding hydrogens is 785 g/mol. The number of aromatic nitrogens is 2. The lowest BCUT2D eigenvalue weighted by molar-refractivity contribution is -0.189. The number of nitrogens with zero attached hydrogens (tertiary/aromatic N) is 7. The second-order valence-electron chi connectivity index (χ2n) is 15.3. The van der Waals surface area contributed by atoms with E-state index in [-0.39, 0.29) is 29.6 Å². The first kappa shape index (κ1) is 42.3. The highest BCUT2D eigenvalue weighted by molar-refractivity contribution is 8.14. The molecule has 0 bridgehead atoms. The van der Waals surface area contributed by atoms with E-state index in [0.717, 1.165) is 48.5 Å². The van der Waals surface area contributed by atoms with Gasteiger partial charge in [0.05, 0.1) is 35.9 Å². The van der Waals surface area contributed by atoms with Crippen molar-refractivity contribution < 1.29 is 23.8 Å². The minimum absolute atomic E-state index is 0.00190. The molecule has 3 saturated heterocycles.